The van der Waals surface area contributed by atoms with Gasteiger partial charge in [0.15, 0.2) is 0 Å². The monoisotopic (exact) mass is 836 g/mol. The number of rotatable bonds is 4. The van der Waals surface area contributed by atoms with Crippen LogP contribution < -0.4 is 4.90 Å². The summed E-state index contributed by atoms with van der Waals surface area (Å²) in [6, 6.07) is 81.7. The lowest BCUT2D eigenvalue weighted by atomic mass is 9.67. The van der Waals surface area contributed by atoms with Gasteiger partial charge in [0.1, 0.15) is 0 Å². The maximum atomic E-state index is 2.59. The zero-order valence-corrected chi connectivity index (χ0v) is 35.6. The summed E-state index contributed by atoms with van der Waals surface area (Å²) in [5, 5.41) is 7.53. The summed E-state index contributed by atoms with van der Waals surface area (Å²) < 4.78 is 4.99. The van der Waals surface area contributed by atoms with E-state index in [9.17, 15) is 0 Å². The Bertz CT molecular complexity index is 3810. The van der Waals surface area contributed by atoms with Gasteiger partial charge in [-0.15, -0.1) is 11.3 Å². The minimum Gasteiger partial charge on any atom is -0.309 e. The molecule has 0 fully saturated rings. The van der Waals surface area contributed by atoms with Crippen LogP contribution in [0.3, 0.4) is 0 Å². The van der Waals surface area contributed by atoms with E-state index in [0.717, 1.165) is 11.4 Å². The highest BCUT2D eigenvalue weighted by atomic mass is 32.2. The van der Waals surface area contributed by atoms with Crippen LogP contribution in [0.1, 0.15) is 22.3 Å². The van der Waals surface area contributed by atoms with Crippen molar-refractivity contribution < 1.29 is 0 Å². The number of nitrogens with zero attached hydrogens (tertiary/aromatic N) is 2. The molecule has 2 aromatic heterocycles. The summed E-state index contributed by atoms with van der Waals surface area (Å²) in [5.41, 5.74) is 14.4. The number of fused-ring (bicyclic) bond motifs is 17. The third-order valence-electron chi connectivity index (χ3n) is 13.6. The maximum absolute atomic E-state index is 2.59. The van der Waals surface area contributed by atoms with Crippen molar-refractivity contribution in [3.8, 4) is 16.8 Å². The fourth-order valence-corrected chi connectivity index (χ4v) is 13.5. The summed E-state index contributed by atoms with van der Waals surface area (Å²) in [4.78, 5) is 5.20. The molecule has 0 radical (unpaired) electrons. The smallest absolute Gasteiger partial charge is 0.0736 e. The maximum Gasteiger partial charge on any atom is 0.0736 e. The fraction of sp³-hybridized carbons (Fsp3) is 0.0169. The number of hydrogen-bond acceptors (Lipinski definition) is 3. The molecule has 0 amide bonds. The van der Waals surface area contributed by atoms with Crippen molar-refractivity contribution in [3.63, 3.8) is 0 Å². The summed E-state index contributed by atoms with van der Waals surface area (Å²) >= 11 is 3.77. The molecule has 0 unspecified atom stereocenters. The Hall–Kier alpha value is -7.37. The molecule has 63 heavy (non-hydrogen) atoms. The van der Waals surface area contributed by atoms with Crippen molar-refractivity contribution in [1.82, 2.24) is 4.57 Å². The van der Waals surface area contributed by atoms with Crippen LogP contribution in [0.15, 0.2) is 228 Å². The first-order valence-electron chi connectivity index (χ1n) is 21.6. The lowest BCUT2D eigenvalue weighted by Gasteiger charge is -2.39. The van der Waals surface area contributed by atoms with Gasteiger partial charge in [0.05, 0.1) is 27.8 Å². The fourth-order valence-electron chi connectivity index (χ4n) is 11.2. The number of thiophene rings is 1. The summed E-state index contributed by atoms with van der Waals surface area (Å²) in [6.07, 6.45) is 0. The second kappa shape index (κ2) is 13.3. The van der Waals surface area contributed by atoms with Gasteiger partial charge in [-0.25, -0.2) is 0 Å². The van der Waals surface area contributed by atoms with Crippen LogP contribution in [0, 0.1) is 0 Å². The Morgan fingerprint density at radius 2 is 1.02 bits per heavy atom. The molecule has 4 heteroatoms. The van der Waals surface area contributed by atoms with E-state index in [2.05, 4.69) is 228 Å². The Kier molecular flexibility index (Phi) is 7.45. The first-order valence-corrected chi connectivity index (χ1v) is 23.2. The molecule has 0 N–H and O–H groups in total. The molecule has 294 valence electrons. The zero-order valence-electron chi connectivity index (χ0n) is 34.0. The van der Waals surface area contributed by atoms with Gasteiger partial charge in [-0.05, 0) is 111 Å². The van der Waals surface area contributed by atoms with Crippen LogP contribution in [-0.4, -0.2) is 4.57 Å². The number of anilines is 3. The standard InChI is InChI=1S/C59H36N2S2/c1-2-17-38(18-3-1)60-48-25-10-6-20-41(48)43-36-39(33-35-49(43)60)61(50-27-15-31-55-57(50)42-21-7-11-28-52(42)62-55)51-26-14-24-46-58(51)56-40-19-5-4-16-37(40)32-34-47(56)59(46)44-22-8-12-29-53(44)63-54-30-13-9-23-45(54)59/h1-36H. The van der Waals surface area contributed by atoms with E-state index in [1.807, 2.05) is 23.1 Å². The summed E-state index contributed by atoms with van der Waals surface area (Å²) in [5.74, 6) is 0. The molecule has 2 aliphatic rings. The third kappa shape index (κ3) is 4.80. The molecule has 2 nitrogen and oxygen atoms in total. The minimum atomic E-state index is -0.525. The van der Waals surface area contributed by atoms with E-state index in [0.29, 0.717) is 0 Å². The number of benzene rings is 10. The first-order chi connectivity index (χ1) is 31.3. The van der Waals surface area contributed by atoms with Crippen molar-refractivity contribution in [2.75, 3.05) is 4.90 Å². The molecular formula is C59H36N2S2. The molecule has 1 aliphatic heterocycles. The molecule has 12 aromatic rings. The summed E-state index contributed by atoms with van der Waals surface area (Å²) in [6.45, 7) is 0. The van der Waals surface area contributed by atoms with Crippen molar-refractivity contribution in [2.24, 2.45) is 0 Å². The molecule has 1 aliphatic carbocycles. The van der Waals surface area contributed by atoms with Gasteiger partial charge in [-0.1, -0.05) is 157 Å². The molecular weight excluding hydrogens is 801 g/mol. The molecule has 14 rings (SSSR count). The van der Waals surface area contributed by atoms with E-state index in [4.69, 9.17) is 0 Å². The average Bonchev–Trinajstić information content (AvgIpc) is 3.99. The predicted molar refractivity (Wildman–Crippen MR) is 267 cm³/mol. The third-order valence-corrected chi connectivity index (χ3v) is 15.9. The minimum absolute atomic E-state index is 0.525. The highest BCUT2D eigenvalue weighted by Crippen LogP contribution is 2.65. The van der Waals surface area contributed by atoms with Crippen molar-refractivity contribution >= 4 is 92.9 Å². The van der Waals surface area contributed by atoms with Crippen LogP contribution in [-0.2, 0) is 5.41 Å². The van der Waals surface area contributed by atoms with Gasteiger partial charge < -0.3 is 9.47 Å². The van der Waals surface area contributed by atoms with Gasteiger partial charge in [-0.3, -0.25) is 0 Å². The molecule has 0 saturated carbocycles. The quantitative estimate of drug-likeness (QED) is 0.174. The number of para-hydroxylation sites is 2. The van der Waals surface area contributed by atoms with E-state index in [1.54, 1.807) is 0 Å². The van der Waals surface area contributed by atoms with E-state index in [1.165, 1.54) is 107 Å². The Morgan fingerprint density at radius 1 is 0.397 bits per heavy atom. The van der Waals surface area contributed by atoms with Crippen LogP contribution >= 0.6 is 23.1 Å². The van der Waals surface area contributed by atoms with E-state index < -0.39 is 5.41 Å². The van der Waals surface area contributed by atoms with Crippen molar-refractivity contribution in [1.29, 1.82) is 0 Å². The van der Waals surface area contributed by atoms with Crippen molar-refractivity contribution in [3.05, 3.63) is 241 Å². The van der Waals surface area contributed by atoms with E-state index in [-0.39, 0.29) is 0 Å². The summed E-state index contributed by atoms with van der Waals surface area (Å²) in [7, 11) is 0. The van der Waals surface area contributed by atoms with Crippen LogP contribution in [0.5, 0.6) is 0 Å². The Morgan fingerprint density at radius 3 is 1.86 bits per heavy atom. The molecule has 0 atom stereocenters. The largest absolute Gasteiger partial charge is 0.309 e. The van der Waals surface area contributed by atoms with Gasteiger partial charge in [0, 0.05) is 57.7 Å². The second-order valence-corrected chi connectivity index (χ2v) is 18.9. The molecule has 10 aromatic carbocycles. The Balaban J connectivity index is 1.14. The van der Waals surface area contributed by atoms with E-state index >= 15 is 0 Å². The predicted octanol–water partition coefficient (Wildman–Crippen LogP) is 16.6. The van der Waals surface area contributed by atoms with Gasteiger partial charge in [0.25, 0.3) is 0 Å². The van der Waals surface area contributed by atoms with Crippen LogP contribution in [0.4, 0.5) is 17.1 Å². The highest BCUT2D eigenvalue weighted by molar-refractivity contribution is 7.99. The lowest BCUT2D eigenvalue weighted by molar-refractivity contribution is 0.723. The molecule has 0 saturated heterocycles. The molecule has 3 heterocycles. The molecule has 0 bridgehead atoms. The SMILES string of the molecule is c1ccc(-n2c3ccccc3c3cc(N(c4cccc5c4-c4c(ccc6ccccc46)C54c5ccccc5Sc5ccccc54)c4cccc5sc6ccccc6c45)ccc32)cc1. The van der Waals surface area contributed by atoms with Crippen LogP contribution in [0.2, 0.25) is 0 Å². The van der Waals surface area contributed by atoms with Gasteiger partial charge in [0.2, 0.25) is 0 Å². The van der Waals surface area contributed by atoms with Gasteiger partial charge in [-0.2, -0.15) is 0 Å². The highest BCUT2D eigenvalue weighted by Gasteiger charge is 2.51. The number of aromatic nitrogens is 1. The Labute approximate surface area is 372 Å². The second-order valence-electron chi connectivity index (χ2n) is 16.7. The topological polar surface area (TPSA) is 8.17 Å². The normalized spacial score (nSPS) is 13.5. The molecule has 1 spiro atoms. The number of hydrogen-bond donors (Lipinski definition) is 0. The lowest BCUT2D eigenvalue weighted by Crippen LogP contribution is -2.32. The van der Waals surface area contributed by atoms with Crippen LogP contribution in [0.25, 0.3) is 69.6 Å². The van der Waals surface area contributed by atoms with Crippen molar-refractivity contribution in [2.45, 2.75) is 15.2 Å². The zero-order chi connectivity index (χ0) is 41.2. The first kappa shape index (κ1) is 35.2. The van der Waals surface area contributed by atoms with Gasteiger partial charge >= 0.3 is 0 Å². The average molecular weight is 837 g/mol.